The first kappa shape index (κ1) is 21.6. The molecule has 1 unspecified atom stereocenters. The Morgan fingerprint density at radius 1 is 0.935 bits per heavy atom. The number of likely N-dealkylation sites (tertiary alicyclic amines) is 1. The van der Waals surface area contributed by atoms with E-state index in [0.717, 1.165) is 37.4 Å². The van der Waals surface area contributed by atoms with Crippen LogP contribution in [0, 0.1) is 0 Å². The molecule has 0 radical (unpaired) electrons. The number of hydrogen-bond acceptors (Lipinski definition) is 3. The molecule has 160 valence electrons. The van der Waals surface area contributed by atoms with Crippen LogP contribution in [0.4, 0.5) is 5.69 Å². The Hall–Kier alpha value is -2.66. The Morgan fingerprint density at radius 2 is 1.68 bits per heavy atom. The van der Waals surface area contributed by atoms with Gasteiger partial charge < -0.3 is 10.6 Å². The minimum Gasteiger partial charge on any atom is -0.322 e. The van der Waals surface area contributed by atoms with Crippen LogP contribution >= 0.6 is 11.6 Å². The minimum absolute atomic E-state index is 0.200. The molecule has 4 rings (SSSR count). The summed E-state index contributed by atoms with van der Waals surface area (Å²) in [6.45, 7) is 3.95. The molecule has 0 saturated carbocycles. The molecule has 1 fully saturated rings. The molecule has 1 heterocycles. The second kappa shape index (κ2) is 10.6. The summed E-state index contributed by atoms with van der Waals surface area (Å²) in [6, 6.07) is 26.1. The van der Waals surface area contributed by atoms with Crippen molar-refractivity contribution in [3.63, 3.8) is 0 Å². The number of carbonyl (C=O) groups is 1. The van der Waals surface area contributed by atoms with Crippen LogP contribution in [0.2, 0.25) is 5.02 Å². The normalized spacial score (nSPS) is 15.0. The van der Waals surface area contributed by atoms with Crippen LogP contribution in [0.3, 0.4) is 0 Å². The summed E-state index contributed by atoms with van der Waals surface area (Å²) >= 11 is 6.14. The molecular weight excluding hydrogens is 406 g/mol. The van der Waals surface area contributed by atoms with E-state index in [9.17, 15) is 4.79 Å². The Morgan fingerprint density at radius 3 is 2.45 bits per heavy atom. The summed E-state index contributed by atoms with van der Waals surface area (Å²) < 4.78 is 0. The van der Waals surface area contributed by atoms with Gasteiger partial charge in [0.15, 0.2) is 0 Å². The van der Waals surface area contributed by atoms with E-state index < -0.39 is 0 Å². The van der Waals surface area contributed by atoms with Crippen molar-refractivity contribution >= 4 is 23.2 Å². The molecule has 0 aliphatic carbocycles. The topological polar surface area (TPSA) is 44.4 Å². The first-order valence-electron chi connectivity index (χ1n) is 10.9. The highest BCUT2D eigenvalue weighted by Gasteiger charge is 2.22. The maximum atomic E-state index is 12.5. The van der Waals surface area contributed by atoms with Gasteiger partial charge in [-0.25, -0.2) is 0 Å². The average Bonchev–Trinajstić information content (AvgIpc) is 3.32. The van der Waals surface area contributed by atoms with Gasteiger partial charge in [0.2, 0.25) is 0 Å². The number of amides is 1. The summed E-state index contributed by atoms with van der Waals surface area (Å²) in [6.07, 6.45) is 2.55. The van der Waals surface area contributed by atoms with Crippen molar-refractivity contribution in [3.05, 3.63) is 101 Å². The summed E-state index contributed by atoms with van der Waals surface area (Å²) in [5.41, 5.74) is 3.73. The Labute approximate surface area is 189 Å². The monoisotopic (exact) mass is 433 g/mol. The zero-order valence-electron chi connectivity index (χ0n) is 17.6. The predicted octanol–water partition coefficient (Wildman–Crippen LogP) is 5.52. The fourth-order valence-electron chi connectivity index (χ4n) is 4.14. The minimum atomic E-state index is -0.200. The van der Waals surface area contributed by atoms with Gasteiger partial charge in [0, 0.05) is 24.8 Å². The molecular formula is C26H28ClN3O. The highest BCUT2D eigenvalue weighted by molar-refractivity contribution is 6.34. The van der Waals surface area contributed by atoms with Gasteiger partial charge in [-0.1, -0.05) is 66.2 Å². The summed E-state index contributed by atoms with van der Waals surface area (Å²) in [4.78, 5) is 15.1. The number of halogens is 1. The molecule has 1 amide bonds. The SMILES string of the molecule is O=C(Nc1cccc(CNCC(c2ccccc2)N2CCCC2)c1)c1ccccc1Cl. The van der Waals surface area contributed by atoms with Crippen molar-refractivity contribution in [2.24, 2.45) is 0 Å². The Balaban J connectivity index is 1.37. The third-order valence-corrected chi connectivity index (χ3v) is 6.07. The van der Waals surface area contributed by atoms with E-state index in [4.69, 9.17) is 11.6 Å². The number of rotatable bonds is 8. The molecule has 2 N–H and O–H groups in total. The van der Waals surface area contributed by atoms with E-state index in [1.54, 1.807) is 12.1 Å². The molecule has 0 aromatic heterocycles. The number of nitrogens with one attached hydrogen (secondary N) is 2. The first-order chi connectivity index (χ1) is 15.2. The maximum absolute atomic E-state index is 12.5. The number of carbonyl (C=O) groups excluding carboxylic acids is 1. The molecule has 1 atom stereocenters. The van der Waals surface area contributed by atoms with Crippen molar-refractivity contribution < 1.29 is 4.79 Å². The van der Waals surface area contributed by atoms with Gasteiger partial charge in [0.05, 0.1) is 10.6 Å². The lowest BCUT2D eigenvalue weighted by molar-refractivity contribution is 0.102. The third kappa shape index (κ3) is 5.73. The zero-order chi connectivity index (χ0) is 21.5. The summed E-state index contributed by atoms with van der Waals surface area (Å²) in [5, 5.41) is 7.02. The Kier molecular flexibility index (Phi) is 7.36. The van der Waals surface area contributed by atoms with E-state index in [1.807, 2.05) is 30.3 Å². The summed E-state index contributed by atoms with van der Waals surface area (Å²) in [7, 11) is 0. The van der Waals surface area contributed by atoms with Crippen LogP contribution in [0.25, 0.3) is 0 Å². The lowest BCUT2D eigenvalue weighted by Gasteiger charge is -2.28. The molecule has 3 aromatic rings. The molecule has 0 spiro atoms. The molecule has 1 saturated heterocycles. The maximum Gasteiger partial charge on any atom is 0.257 e. The van der Waals surface area contributed by atoms with Gasteiger partial charge >= 0.3 is 0 Å². The number of hydrogen-bond donors (Lipinski definition) is 2. The van der Waals surface area contributed by atoms with Crippen molar-refractivity contribution in [1.82, 2.24) is 10.2 Å². The molecule has 0 bridgehead atoms. The van der Waals surface area contributed by atoms with Gasteiger partial charge in [0.1, 0.15) is 0 Å². The largest absolute Gasteiger partial charge is 0.322 e. The van der Waals surface area contributed by atoms with Gasteiger partial charge in [0.25, 0.3) is 5.91 Å². The van der Waals surface area contributed by atoms with Gasteiger partial charge in [-0.15, -0.1) is 0 Å². The highest BCUT2D eigenvalue weighted by Crippen LogP contribution is 2.24. The molecule has 5 heteroatoms. The molecule has 31 heavy (non-hydrogen) atoms. The highest BCUT2D eigenvalue weighted by atomic mass is 35.5. The molecule has 1 aliphatic rings. The Bertz CT molecular complexity index is 1000. The fraction of sp³-hybridized carbons (Fsp3) is 0.269. The lowest BCUT2D eigenvalue weighted by Crippen LogP contribution is -2.34. The number of anilines is 1. The molecule has 4 nitrogen and oxygen atoms in total. The lowest BCUT2D eigenvalue weighted by atomic mass is 10.1. The van der Waals surface area contributed by atoms with Crippen LogP contribution in [0.5, 0.6) is 0 Å². The third-order valence-electron chi connectivity index (χ3n) is 5.74. The smallest absolute Gasteiger partial charge is 0.257 e. The van der Waals surface area contributed by atoms with E-state index in [-0.39, 0.29) is 5.91 Å². The van der Waals surface area contributed by atoms with Crippen molar-refractivity contribution in [3.8, 4) is 0 Å². The molecule has 3 aromatic carbocycles. The number of nitrogens with zero attached hydrogens (tertiary/aromatic N) is 1. The second-order valence-corrected chi connectivity index (χ2v) is 8.34. The standard InChI is InChI=1S/C26H28ClN3O/c27-24-14-5-4-13-23(24)26(31)29-22-12-8-9-20(17-22)18-28-19-25(30-15-6-7-16-30)21-10-2-1-3-11-21/h1-5,8-14,17,25,28H,6-7,15-16,18-19H2,(H,29,31). The van der Waals surface area contributed by atoms with Crippen LogP contribution in [-0.4, -0.2) is 30.4 Å². The fourth-order valence-corrected chi connectivity index (χ4v) is 4.36. The van der Waals surface area contributed by atoms with Crippen molar-refractivity contribution in [2.45, 2.75) is 25.4 Å². The predicted molar refractivity (Wildman–Crippen MR) is 128 cm³/mol. The number of benzene rings is 3. The first-order valence-corrected chi connectivity index (χ1v) is 11.2. The van der Waals surface area contributed by atoms with E-state index in [1.165, 1.54) is 18.4 Å². The van der Waals surface area contributed by atoms with Crippen LogP contribution in [-0.2, 0) is 6.54 Å². The van der Waals surface area contributed by atoms with E-state index >= 15 is 0 Å². The van der Waals surface area contributed by atoms with Crippen molar-refractivity contribution in [2.75, 3.05) is 25.0 Å². The summed E-state index contributed by atoms with van der Waals surface area (Å²) in [5.74, 6) is -0.200. The van der Waals surface area contributed by atoms with Crippen molar-refractivity contribution in [1.29, 1.82) is 0 Å². The van der Waals surface area contributed by atoms with E-state index in [2.05, 4.69) is 51.9 Å². The van der Waals surface area contributed by atoms with Crippen LogP contribution in [0.1, 0.15) is 40.4 Å². The zero-order valence-corrected chi connectivity index (χ0v) is 18.3. The van der Waals surface area contributed by atoms with Crippen LogP contribution < -0.4 is 10.6 Å². The second-order valence-electron chi connectivity index (χ2n) is 7.93. The van der Waals surface area contributed by atoms with Gasteiger partial charge in [-0.2, -0.15) is 0 Å². The van der Waals surface area contributed by atoms with Gasteiger partial charge in [-0.05, 0) is 61.3 Å². The molecule has 1 aliphatic heterocycles. The average molecular weight is 434 g/mol. The van der Waals surface area contributed by atoms with Crippen LogP contribution in [0.15, 0.2) is 78.9 Å². The quantitative estimate of drug-likeness (QED) is 0.491. The van der Waals surface area contributed by atoms with E-state index in [0.29, 0.717) is 16.6 Å². The van der Waals surface area contributed by atoms with Gasteiger partial charge in [-0.3, -0.25) is 9.69 Å².